The molecule has 0 saturated heterocycles. The first-order valence-corrected chi connectivity index (χ1v) is 8.93. The first-order valence-electron chi connectivity index (χ1n) is 8.93. The lowest BCUT2D eigenvalue weighted by Gasteiger charge is -2.29. The maximum atomic E-state index is 12.6. The highest BCUT2D eigenvalue weighted by atomic mass is 16.6. The lowest BCUT2D eigenvalue weighted by Crippen LogP contribution is -2.52. The Morgan fingerprint density at radius 3 is 2.21 bits per heavy atom. The van der Waals surface area contributed by atoms with E-state index >= 15 is 0 Å². The number of nitrogens with zero attached hydrogens (tertiary/aromatic N) is 2. The minimum atomic E-state index is -1.02. The summed E-state index contributed by atoms with van der Waals surface area (Å²) in [6.45, 7) is 6.63. The van der Waals surface area contributed by atoms with E-state index in [1.807, 2.05) is 0 Å². The second kappa shape index (κ2) is 9.85. The zero-order valence-electron chi connectivity index (χ0n) is 17.4. The second-order valence-electron chi connectivity index (χ2n) is 7.48. The van der Waals surface area contributed by atoms with Crippen molar-refractivity contribution < 1.29 is 28.8 Å². The van der Waals surface area contributed by atoms with Crippen LogP contribution >= 0.6 is 0 Å². The van der Waals surface area contributed by atoms with E-state index in [9.17, 15) is 24.5 Å². The summed E-state index contributed by atoms with van der Waals surface area (Å²) >= 11 is 0. The molecule has 0 saturated carbocycles. The van der Waals surface area contributed by atoms with Crippen LogP contribution in [0.25, 0.3) is 0 Å². The predicted molar refractivity (Wildman–Crippen MR) is 104 cm³/mol. The quantitative estimate of drug-likeness (QED) is 0.415. The Labute approximate surface area is 169 Å². The number of amides is 2. The van der Waals surface area contributed by atoms with E-state index in [2.05, 4.69) is 5.32 Å². The van der Waals surface area contributed by atoms with Crippen LogP contribution in [0, 0.1) is 10.1 Å². The number of methoxy groups -OCH3 is 1. The predicted octanol–water partition coefficient (Wildman–Crippen LogP) is 2.05. The Morgan fingerprint density at radius 2 is 1.76 bits per heavy atom. The van der Waals surface area contributed by atoms with Gasteiger partial charge in [-0.2, -0.15) is 0 Å². The minimum Gasteiger partial charge on any atom is -0.467 e. The number of hydrogen-bond acceptors (Lipinski definition) is 7. The number of hydrogen-bond donors (Lipinski definition) is 1. The smallest absolute Gasteiger partial charge is 0.410 e. The summed E-state index contributed by atoms with van der Waals surface area (Å²) in [6.07, 6.45) is -0.607. The van der Waals surface area contributed by atoms with Gasteiger partial charge in [-0.3, -0.25) is 19.8 Å². The van der Waals surface area contributed by atoms with E-state index in [-0.39, 0.29) is 12.1 Å². The highest BCUT2D eigenvalue weighted by Gasteiger charge is 2.30. The van der Waals surface area contributed by atoms with Crippen LogP contribution in [-0.2, 0) is 25.5 Å². The summed E-state index contributed by atoms with van der Waals surface area (Å²) < 4.78 is 9.96. The molecule has 0 radical (unpaired) electrons. The Balaban J connectivity index is 2.86. The second-order valence-corrected chi connectivity index (χ2v) is 7.48. The first-order chi connectivity index (χ1) is 13.4. The molecule has 160 valence electrons. The number of rotatable bonds is 7. The maximum absolute atomic E-state index is 12.6. The minimum absolute atomic E-state index is 0.0687. The van der Waals surface area contributed by atoms with Gasteiger partial charge in [0.1, 0.15) is 17.7 Å². The van der Waals surface area contributed by atoms with Crippen molar-refractivity contribution in [1.82, 2.24) is 10.2 Å². The summed E-state index contributed by atoms with van der Waals surface area (Å²) in [4.78, 5) is 48.1. The van der Waals surface area contributed by atoms with Crippen molar-refractivity contribution in [2.24, 2.45) is 0 Å². The summed E-state index contributed by atoms with van der Waals surface area (Å²) in [6, 6.07) is 3.68. The number of nitro groups is 1. The fraction of sp³-hybridized carbons (Fsp3) is 0.526. The average molecular weight is 409 g/mol. The van der Waals surface area contributed by atoms with Crippen molar-refractivity contribution in [3.8, 4) is 0 Å². The van der Waals surface area contributed by atoms with Crippen molar-refractivity contribution in [3.05, 3.63) is 39.9 Å². The standard InChI is InChI=1S/C19H27N3O7/c1-12(21(5)18(25)29-19(2,3)4)16(23)20-15(17(24)28-6)11-13-7-9-14(10-8-13)22(26)27/h7-10,12,15H,11H2,1-6H3,(H,20,23)/t12-,15?/m0/s1. The van der Waals surface area contributed by atoms with Gasteiger partial charge >= 0.3 is 12.1 Å². The number of carbonyl (C=O) groups excluding carboxylic acids is 3. The number of non-ortho nitro benzene ring substituents is 1. The zero-order valence-corrected chi connectivity index (χ0v) is 17.4. The van der Waals surface area contributed by atoms with Crippen molar-refractivity contribution in [3.63, 3.8) is 0 Å². The lowest BCUT2D eigenvalue weighted by molar-refractivity contribution is -0.384. The SMILES string of the molecule is COC(=O)C(Cc1ccc([N+](=O)[O-])cc1)NC(=O)[C@H](C)N(C)C(=O)OC(C)(C)C. The number of esters is 1. The third kappa shape index (κ3) is 7.40. The van der Waals surface area contributed by atoms with Crippen LogP contribution in [0.4, 0.5) is 10.5 Å². The number of carbonyl (C=O) groups is 3. The molecule has 1 aromatic rings. The maximum Gasteiger partial charge on any atom is 0.410 e. The highest BCUT2D eigenvalue weighted by Crippen LogP contribution is 2.14. The van der Waals surface area contributed by atoms with Crippen molar-refractivity contribution in [2.45, 2.75) is 51.8 Å². The number of benzene rings is 1. The molecule has 1 aromatic carbocycles. The summed E-state index contributed by atoms with van der Waals surface area (Å²) in [7, 11) is 2.61. The van der Waals surface area contributed by atoms with E-state index in [0.29, 0.717) is 5.56 Å². The first kappa shape index (κ1) is 23.9. The summed E-state index contributed by atoms with van der Waals surface area (Å²) in [5, 5.41) is 13.3. The van der Waals surface area contributed by atoms with Gasteiger partial charge in [0, 0.05) is 25.6 Å². The molecule has 2 atom stereocenters. The third-order valence-electron chi connectivity index (χ3n) is 4.03. The van der Waals surface area contributed by atoms with Gasteiger partial charge in [0.2, 0.25) is 5.91 Å². The fourth-order valence-corrected chi connectivity index (χ4v) is 2.29. The molecule has 10 heteroatoms. The van der Waals surface area contributed by atoms with E-state index in [0.717, 1.165) is 4.90 Å². The van der Waals surface area contributed by atoms with Crippen LogP contribution in [-0.4, -0.2) is 59.6 Å². The van der Waals surface area contributed by atoms with Gasteiger partial charge in [-0.1, -0.05) is 12.1 Å². The van der Waals surface area contributed by atoms with Crippen molar-refractivity contribution in [1.29, 1.82) is 0 Å². The van der Waals surface area contributed by atoms with E-state index in [1.54, 1.807) is 20.8 Å². The molecule has 10 nitrogen and oxygen atoms in total. The Bertz CT molecular complexity index is 756. The number of likely N-dealkylation sites (N-methyl/N-ethyl adjacent to an activating group) is 1. The monoisotopic (exact) mass is 409 g/mol. The molecular formula is C19H27N3O7. The topological polar surface area (TPSA) is 128 Å². The average Bonchev–Trinajstić information content (AvgIpc) is 2.64. The van der Waals surface area contributed by atoms with Crippen molar-refractivity contribution in [2.75, 3.05) is 14.2 Å². The summed E-state index contributed by atoms with van der Waals surface area (Å²) in [5.41, 5.74) is -0.203. The van der Waals surface area contributed by atoms with Gasteiger partial charge < -0.3 is 14.8 Å². The number of ether oxygens (including phenoxy) is 2. The molecule has 1 rings (SSSR count). The Kier molecular flexibility index (Phi) is 8.11. The fourth-order valence-electron chi connectivity index (χ4n) is 2.29. The molecule has 1 N–H and O–H groups in total. The molecule has 2 amide bonds. The molecule has 0 heterocycles. The Hall–Kier alpha value is -3.17. The molecule has 0 fully saturated rings. The van der Waals surface area contributed by atoms with Gasteiger partial charge in [-0.25, -0.2) is 9.59 Å². The van der Waals surface area contributed by atoms with Gasteiger partial charge in [0.15, 0.2) is 0 Å². The largest absolute Gasteiger partial charge is 0.467 e. The van der Waals surface area contributed by atoms with Crippen LogP contribution in [0.2, 0.25) is 0 Å². The van der Waals surface area contributed by atoms with Crippen LogP contribution in [0.5, 0.6) is 0 Å². The Morgan fingerprint density at radius 1 is 1.21 bits per heavy atom. The van der Waals surface area contributed by atoms with Crippen LogP contribution in [0.15, 0.2) is 24.3 Å². The van der Waals surface area contributed by atoms with E-state index in [1.165, 1.54) is 45.3 Å². The van der Waals surface area contributed by atoms with E-state index in [4.69, 9.17) is 9.47 Å². The number of nitro benzene ring substituents is 1. The molecule has 0 aliphatic heterocycles. The van der Waals surface area contributed by atoms with Crippen molar-refractivity contribution >= 4 is 23.7 Å². The third-order valence-corrected chi connectivity index (χ3v) is 4.03. The van der Waals surface area contributed by atoms with Gasteiger partial charge in [-0.15, -0.1) is 0 Å². The summed E-state index contributed by atoms with van der Waals surface area (Å²) in [5.74, 6) is -1.25. The molecule has 0 aromatic heterocycles. The molecule has 1 unspecified atom stereocenters. The van der Waals surface area contributed by atoms with E-state index < -0.39 is 40.6 Å². The molecule has 0 spiro atoms. The molecular weight excluding hydrogens is 382 g/mol. The van der Waals surface area contributed by atoms with Gasteiger partial charge in [-0.05, 0) is 33.3 Å². The van der Waals surface area contributed by atoms with Gasteiger partial charge in [0.05, 0.1) is 12.0 Å². The van der Waals surface area contributed by atoms with Gasteiger partial charge in [0.25, 0.3) is 5.69 Å². The van der Waals surface area contributed by atoms with Crippen LogP contribution in [0.1, 0.15) is 33.3 Å². The van der Waals surface area contributed by atoms with Crippen LogP contribution < -0.4 is 5.32 Å². The zero-order chi connectivity index (χ0) is 22.4. The normalized spacial score (nSPS) is 13.0. The highest BCUT2D eigenvalue weighted by molar-refractivity contribution is 5.89. The molecule has 0 aliphatic carbocycles. The lowest BCUT2D eigenvalue weighted by atomic mass is 10.0. The van der Waals surface area contributed by atoms with Crippen LogP contribution in [0.3, 0.4) is 0 Å². The molecule has 29 heavy (non-hydrogen) atoms. The number of nitrogens with one attached hydrogen (secondary N) is 1. The molecule has 0 bridgehead atoms. The molecule has 0 aliphatic rings.